The highest BCUT2D eigenvalue weighted by Gasteiger charge is 2.23. The van der Waals surface area contributed by atoms with Crippen LogP contribution >= 0.6 is 0 Å². The minimum Gasteiger partial charge on any atom is -0.491 e. The number of carbonyl (C=O) groups excluding carboxylic acids is 1. The number of ether oxygens (including phenoxy) is 2. The smallest absolute Gasteiger partial charge is 0.260 e. The third-order valence-corrected chi connectivity index (χ3v) is 3.23. The molecule has 2 atom stereocenters. The lowest BCUT2D eigenvalue weighted by Gasteiger charge is -2.17. The standard InChI is InChI=1S/C15H22N2O3/c1-9(2)17-15(18)10(3)20-11-5-6-12-13(16-4)8-19-14(12)7-11/h5-7,9-10,13,16H,8H2,1-4H3,(H,17,18). The average Bonchev–Trinajstić information content (AvgIpc) is 2.80. The summed E-state index contributed by atoms with van der Waals surface area (Å²) in [5.74, 6) is 1.35. The van der Waals surface area contributed by atoms with Crippen molar-refractivity contribution in [1.29, 1.82) is 0 Å². The van der Waals surface area contributed by atoms with Gasteiger partial charge in [0, 0.05) is 17.7 Å². The molecule has 1 amide bonds. The molecule has 0 saturated heterocycles. The van der Waals surface area contributed by atoms with Crippen molar-refractivity contribution in [2.45, 2.75) is 39.0 Å². The Balaban J connectivity index is 2.03. The van der Waals surface area contributed by atoms with E-state index in [-0.39, 0.29) is 18.0 Å². The maximum Gasteiger partial charge on any atom is 0.260 e. The van der Waals surface area contributed by atoms with Gasteiger partial charge in [0.1, 0.15) is 18.1 Å². The fraction of sp³-hybridized carbons (Fsp3) is 0.533. The molecule has 0 spiro atoms. The summed E-state index contributed by atoms with van der Waals surface area (Å²) in [5.41, 5.74) is 1.12. The van der Waals surface area contributed by atoms with Gasteiger partial charge in [0.25, 0.3) is 5.91 Å². The van der Waals surface area contributed by atoms with E-state index in [2.05, 4.69) is 10.6 Å². The first kappa shape index (κ1) is 14.7. The fourth-order valence-corrected chi connectivity index (χ4v) is 2.16. The van der Waals surface area contributed by atoms with Gasteiger partial charge in [0.05, 0.1) is 6.04 Å². The molecule has 1 aliphatic heterocycles. The number of hydrogen-bond donors (Lipinski definition) is 2. The zero-order valence-corrected chi connectivity index (χ0v) is 12.4. The van der Waals surface area contributed by atoms with E-state index in [4.69, 9.17) is 9.47 Å². The molecule has 5 heteroatoms. The van der Waals surface area contributed by atoms with Gasteiger partial charge in [0.15, 0.2) is 6.10 Å². The first-order valence-corrected chi connectivity index (χ1v) is 6.92. The van der Waals surface area contributed by atoms with Crippen LogP contribution in [0.3, 0.4) is 0 Å². The normalized spacial score (nSPS) is 18.4. The van der Waals surface area contributed by atoms with E-state index in [9.17, 15) is 4.79 Å². The quantitative estimate of drug-likeness (QED) is 0.859. The van der Waals surface area contributed by atoms with Crippen LogP contribution in [0.15, 0.2) is 18.2 Å². The Hall–Kier alpha value is -1.75. The third-order valence-electron chi connectivity index (χ3n) is 3.23. The van der Waals surface area contributed by atoms with Gasteiger partial charge in [-0.1, -0.05) is 0 Å². The maximum atomic E-state index is 11.8. The number of rotatable bonds is 5. The van der Waals surface area contributed by atoms with E-state index in [0.717, 1.165) is 11.3 Å². The second-order valence-corrected chi connectivity index (χ2v) is 5.28. The number of fused-ring (bicyclic) bond motifs is 1. The largest absolute Gasteiger partial charge is 0.491 e. The molecular weight excluding hydrogens is 256 g/mol. The van der Waals surface area contributed by atoms with E-state index in [0.29, 0.717) is 12.4 Å². The van der Waals surface area contributed by atoms with E-state index in [1.54, 1.807) is 6.92 Å². The van der Waals surface area contributed by atoms with Gasteiger partial charge in [-0.2, -0.15) is 0 Å². The molecule has 0 radical (unpaired) electrons. The van der Waals surface area contributed by atoms with Crippen molar-refractivity contribution in [3.8, 4) is 11.5 Å². The SMILES string of the molecule is CNC1COc2cc(OC(C)C(=O)NC(C)C)ccc21. The van der Waals surface area contributed by atoms with Crippen LogP contribution in [-0.4, -0.2) is 31.7 Å². The Morgan fingerprint density at radius 2 is 2.15 bits per heavy atom. The van der Waals surface area contributed by atoms with Gasteiger partial charge >= 0.3 is 0 Å². The average molecular weight is 278 g/mol. The van der Waals surface area contributed by atoms with Crippen molar-refractivity contribution in [3.05, 3.63) is 23.8 Å². The second kappa shape index (κ2) is 6.13. The molecule has 1 heterocycles. The van der Waals surface area contributed by atoms with Crippen LogP contribution in [0.4, 0.5) is 0 Å². The first-order chi connectivity index (χ1) is 9.51. The lowest BCUT2D eigenvalue weighted by molar-refractivity contribution is -0.127. The van der Waals surface area contributed by atoms with Gasteiger partial charge in [-0.05, 0) is 40.0 Å². The summed E-state index contributed by atoms with van der Waals surface area (Å²) in [6, 6.07) is 6.02. The molecule has 2 rings (SSSR count). The summed E-state index contributed by atoms with van der Waals surface area (Å²) in [4.78, 5) is 11.8. The van der Waals surface area contributed by atoms with Crippen LogP contribution in [-0.2, 0) is 4.79 Å². The minimum absolute atomic E-state index is 0.105. The van der Waals surface area contributed by atoms with E-state index >= 15 is 0 Å². The summed E-state index contributed by atoms with van der Waals surface area (Å²) in [5, 5.41) is 6.02. The number of likely N-dealkylation sites (N-methyl/N-ethyl adjacent to an activating group) is 1. The van der Waals surface area contributed by atoms with Crippen molar-refractivity contribution < 1.29 is 14.3 Å². The number of carbonyl (C=O) groups is 1. The molecule has 1 aromatic rings. The highest BCUT2D eigenvalue weighted by molar-refractivity contribution is 5.80. The zero-order chi connectivity index (χ0) is 14.7. The minimum atomic E-state index is -0.531. The van der Waals surface area contributed by atoms with Crippen LogP contribution < -0.4 is 20.1 Å². The van der Waals surface area contributed by atoms with Gasteiger partial charge in [-0.25, -0.2) is 0 Å². The topological polar surface area (TPSA) is 59.6 Å². The molecule has 110 valence electrons. The molecule has 5 nitrogen and oxygen atoms in total. The molecule has 0 saturated carbocycles. The van der Waals surface area contributed by atoms with Gasteiger partial charge < -0.3 is 20.1 Å². The van der Waals surface area contributed by atoms with E-state index < -0.39 is 6.10 Å². The highest BCUT2D eigenvalue weighted by atomic mass is 16.5. The fourth-order valence-electron chi connectivity index (χ4n) is 2.16. The molecule has 0 fully saturated rings. The first-order valence-electron chi connectivity index (χ1n) is 6.92. The summed E-state index contributed by atoms with van der Waals surface area (Å²) in [7, 11) is 1.91. The van der Waals surface area contributed by atoms with Crippen LogP contribution in [0.25, 0.3) is 0 Å². The number of hydrogen-bond acceptors (Lipinski definition) is 4. The Kier molecular flexibility index (Phi) is 4.49. The molecular formula is C15H22N2O3. The summed E-state index contributed by atoms with van der Waals surface area (Å²) >= 11 is 0. The molecule has 1 aromatic carbocycles. The Morgan fingerprint density at radius 3 is 2.80 bits per heavy atom. The van der Waals surface area contributed by atoms with E-state index in [1.807, 2.05) is 39.1 Å². The second-order valence-electron chi connectivity index (χ2n) is 5.28. The van der Waals surface area contributed by atoms with Gasteiger partial charge in [-0.15, -0.1) is 0 Å². The van der Waals surface area contributed by atoms with Crippen molar-refractivity contribution in [3.63, 3.8) is 0 Å². The Labute approximate surface area is 119 Å². The van der Waals surface area contributed by atoms with Crippen molar-refractivity contribution in [2.24, 2.45) is 0 Å². The molecule has 0 aliphatic carbocycles. The molecule has 0 aromatic heterocycles. The summed E-state index contributed by atoms with van der Waals surface area (Å²) in [6.45, 7) is 6.21. The molecule has 2 unspecified atom stereocenters. The molecule has 0 bridgehead atoms. The highest BCUT2D eigenvalue weighted by Crippen LogP contribution is 2.35. The Bertz CT molecular complexity index is 488. The number of benzene rings is 1. The van der Waals surface area contributed by atoms with Crippen LogP contribution in [0, 0.1) is 0 Å². The lowest BCUT2D eigenvalue weighted by Crippen LogP contribution is -2.40. The predicted molar refractivity (Wildman–Crippen MR) is 77.1 cm³/mol. The van der Waals surface area contributed by atoms with Crippen LogP contribution in [0.5, 0.6) is 11.5 Å². The van der Waals surface area contributed by atoms with Crippen LogP contribution in [0.1, 0.15) is 32.4 Å². The maximum absolute atomic E-state index is 11.8. The number of nitrogens with one attached hydrogen (secondary N) is 2. The van der Waals surface area contributed by atoms with Crippen LogP contribution in [0.2, 0.25) is 0 Å². The monoisotopic (exact) mass is 278 g/mol. The zero-order valence-electron chi connectivity index (χ0n) is 12.4. The lowest BCUT2D eigenvalue weighted by atomic mass is 10.1. The number of amides is 1. The van der Waals surface area contributed by atoms with Gasteiger partial charge in [-0.3, -0.25) is 4.79 Å². The van der Waals surface area contributed by atoms with E-state index in [1.165, 1.54) is 0 Å². The molecule has 1 aliphatic rings. The van der Waals surface area contributed by atoms with Crippen molar-refractivity contribution in [1.82, 2.24) is 10.6 Å². The summed E-state index contributed by atoms with van der Waals surface area (Å²) < 4.78 is 11.3. The van der Waals surface area contributed by atoms with Gasteiger partial charge in [0.2, 0.25) is 0 Å². The molecule has 20 heavy (non-hydrogen) atoms. The van der Waals surface area contributed by atoms with Crippen molar-refractivity contribution >= 4 is 5.91 Å². The van der Waals surface area contributed by atoms with Crippen molar-refractivity contribution in [2.75, 3.05) is 13.7 Å². The third kappa shape index (κ3) is 3.22. The Morgan fingerprint density at radius 1 is 1.40 bits per heavy atom. The predicted octanol–water partition coefficient (Wildman–Crippen LogP) is 1.63. The molecule has 2 N–H and O–H groups in total. The summed E-state index contributed by atoms with van der Waals surface area (Å²) in [6.07, 6.45) is -0.531.